The highest BCUT2D eigenvalue weighted by Gasteiger charge is 2.56. The van der Waals surface area contributed by atoms with Gasteiger partial charge in [-0.25, -0.2) is 0 Å². The molecule has 6 nitrogen and oxygen atoms in total. The minimum absolute atomic E-state index is 0.0105. The number of hydrogen-bond donors (Lipinski definition) is 0. The summed E-state index contributed by atoms with van der Waals surface area (Å²) in [7, 11) is -3.70. The van der Waals surface area contributed by atoms with Crippen LogP contribution in [0.4, 0.5) is 0 Å². The Bertz CT molecular complexity index is 994. The van der Waals surface area contributed by atoms with Gasteiger partial charge in [-0.15, -0.1) is 0 Å². The summed E-state index contributed by atoms with van der Waals surface area (Å²) in [6.07, 6.45) is 0. The van der Waals surface area contributed by atoms with Crippen LogP contribution < -0.4 is 0 Å². The lowest BCUT2D eigenvalue weighted by atomic mass is 9.74. The van der Waals surface area contributed by atoms with Crippen LogP contribution in [0, 0.1) is 17.8 Å². The molecule has 3 aliphatic heterocycles. The van der Waals surface area contributed by atoms with E-state index in [2.05, 4.69) is 25.9 Å². The molecule has 0 radical (unpaired) electrons. The first-order chi connectivity index (χ1) is 13.7. The molecule has 1 saturated heterocycles. The molecule has 0 unspecified atom stereocenters. The van der Waals surface area contributed by atoms with Crippen molar-refractivity contribution in [1.29, 1.82) is 0 Å². The molecule has 4 rings (SSSR count). The molecule has 0 bridgehead atoms. The van der Waals surface area contributed by atoms with Crippen molar-refractivity contribution in [3.63, 3.8) is 0 Å². The molecule has 1 aromatic rings. The first-order valence-electron chi connectivity index (χ1n) is 10.4. The quantitative estimate of drug-likeness (QED) is 0.702. The van der Waals surface area contributed by atoms with Gasteiger partial charge in [-0.3, -0.25) is 4.79 Å². The molecule has 0 saturated carbocycles. The standard InChI is InChI=1S/C20H25N3O3S.C2H6/c1-11(2)18-19-12(3)16(14(5)23(19)20(18)24)10-22-21-13(4)15-8-6-7-9-17(15)27(22,25)26;1-2/h6-9,11-12,18-19H,10H2,1-5H3;1-2H3/t12-,18+,19+;/m0./s1. The highest BCUT2D eigenvalue weighted by atomic mass is 32.2. The Labute approximate surface area is 174 Å². The third-order valence-corrected chi connectivity index (χ3v) is 7.87. The van der Waals surface area contributed by atoms with Gasteiger partial charge in [0.25, 0.3) is 10.0 Å². The van der Waals surface area contributed by atoms with Gasteiger partial charge in [0.2, 0.25) is 5.91 Å². The number of benzene rings is 1. The lowest BCUT2D eigenvalue weighted by Crippen LogP contribution is -2.61. The predicted molar refractivity (Wildman–Crippen MR) is 115 cm³/mol. The number of carbonyl (C=O) groups excluding carboxylic acids is 1. The Morgan fingerprint density at radius 3 is 2.38 bits per heavy atom. The van der Waals surface area contributed by atoms with Gasteiger partial charge >= 0.3 is 0 Å². The highest BCUT2D eigenvalue weighted by molar-refractivity contribution is 7.89. The molecule has 3 aliphatic rings. The SMILES string of the molecule is CC.CC1=NN(CC2=C(C)N3C(=O)[C@H](C(C)C)[C@H]3[C@H]2C)S(=O)(=O)c2ccccc21. The fourth-order valence-electron chi connectivity index (χ4n) is 4.73. The fraction of sp³-hybridized carbons (Fsp3) is 0.545. The van der Waals surface area contributed by atoms with Crippen LogP contribution in [0.3, 0.4) is 0 Å². The van der Waals surface area contributed by atoms with Crippen molar-refractivity contribution in [2.45, 2.75) is 59.4 Å². The molecule has 7 heteroatoms. The van der Waals surface area contributed by atoms with Crippen LogP contribution in [0.25, 0.3) is 0 Å². The zero-order valence-corrected chi connectivity index (χ0v) is 19.1. The van der Waals surface area contributed by atoms with E-state index in [4.69, 9.17) is 0 Å². The van der Waals surface area contributed by atoms with Crippen LogP contribution >= 0.6 is 0 Å². The van der Waals surface area contributed by atoms with Gasteiger partial charge in [0.05, 0.1) is 29.1 Å². The van der Waals surface area contributed by atoms with Gasteiger partial charge in [-0.05, 0) is 31.4 Å². The molecular weight excluding hydrogens is 386 g/mol. The fourth-order valence-corrected chi connectivity index (χ4v) is 6.24. The van der Waals surface area contributed by atoms with Crippen LogP contribution in [0.5, 0.6) is 0 Å². The van der Waals surface area contributed by atoms with Crippen molar-refractivity contribution in [2.75, 3.05) is 6.54 Å². The van der Waals surface area contributed by atoms with Crippen molar-refractivity contribution in [1.82, 2.24) is 9.31 Å². The number of β-lactam (4-membered cyclic amide) rings is 1. The van der Waals surface area contributed by atoms with E-state index in [9.17, 15) is 13.2 Å². The van der Waals surface area contributed by atoms with E-state index >= 15 is 0 Å². The molecule has 1 fully saturated rings. The van der Waals surface area contributed by atoms with Gasteiger partial charge < -0.3 is 4.90 Å². The molecule has 0 aromatic heterocycles. The maximum atomic E-state index is 13.1. The van der Waals surface area contributed by atoms with E-state index < -0.39 is 10.0 Å². The molecular formula is C22H31N3O3S. The number of sulfonamides is 1. The first-order valence-corrected chi connectivity index (χ1v) is 11.8. The smallest absolute Gasteiger partial charge is 0.279 e. The van der Waals surface area contributed by atoms with Crippen LogP contribution in [0.15, 0.2) is 45.5 Å². The number of fused-ring (bicyclic) bond motifs is 2. The zero-order chi connectivity index (χ0) is 21.7. The molecule has 29 heavy (non-hydrogen) atoms. The summed E-state index contributed by atoms with van der Waals surface area (Å²) in [4.78, 5) is 14.7. The molecule has 0 N–H and O–H groups in total. The van der Waals surface area contributed by atoms with Gasteiger partial charge in [0.15, 0.2) is 0 Å². The summed E-state index contributed by atoms with van der Waals surface area (Å²) >= 11 is 0. The number of allylic oxidation sites excluding steroid dienone is 1. The Balaban J connectivity index is 0.00000117. The number of hydrazone groups is 1. The molecule has 1 amide bonds. The third-order valence-electron chi connectivity index (χ3n) is 6.19. The molecule has 158 valence electrons. The zero-order valence-electron chi connectivity index (χ0n) is 18.3. The summed E-state index contributed by atoms with van der Waals surface area (Å²) in [5, 5.41) is 4.38. The molecule has 0 spiro atoms. The van der Waals surface area contributed by atoms with Crippen molar-refractivity contribution in [2.24, 2.45) is 22.9 Å². The van der Waals surface area contributed by atoms with Crippen molar-refractivity contribution in [3.05, 3.63) is 41.1 Å². The first kappa shape index (κ1) is 21.6. The molecule has 0 aliphatic carbocycles. The number of nitrogens with zero attached hydrogens (tertiary/aromatic N) is 3. The summed E-state index contributed by atoms with van der Waals surface area (Å²) in [6.45, 7) is 14.2. The minimum Gasteiger partial charge on any atom is -0.312 e. The average molecular weight is 418 g/mol. The van der Waals surface area contributed by atoms with Crippen molar-refractivity contribution in [3.8, 4) is 0 Å². The highest BCUT2D eigenvalue weighted by Crippen LogP contribution is 2.48. The van der Waals surface area contributed by atoms with Gasteiger partial charge in [-0.1, -0.05) is 52.8 Å². The Hall–Kier alpha value is -2.15. The number of rotatable bonds is 3. The minimum atomic E-state index is -3.70. The van der Waals surface area contributed by atoms with Crippen molar-refractivity contribution >= 4 is 21.6 Å². The van der Waals surface area contributed by atoms with Crippen LogP contribution in [0.1, 0.15) is 54.0 Å². The second kappa shape index (κ2) is 7.59. The normalized spacial score (nSPS) is 27.1. The second-order valence-electron chi connectivity index (χ2n) is 8.03. The summed E-state index contributed by atoms with van der Waals surface area (Å²) in [5.74, 6) is 0.564. The van der Waals surface area contributed by atoms with Gasteiger partial charge in [0.1, 0.15) is 0 Å². The average Bonchev–Trinajstić information content (AvgIpc) is 2.88. The van der Waals surface area contributed by atoms with E-state index in [1.807, 2.05) is 38.7 Å². The van der Waals surface area contributed by atoms with E-state index in [-0.39, 0.29) is 36.2 Å². The van der Waals surface area contributed by atoms with Crippen LogP contribution in [0.2, 0.25) is 0 Å². The number of amides is 1. The van der Waals surface area contributed by atoms with E-state index in [0.29, 0.717) is 16.2 Å². The summed E-state index contributed by atoms with van der Waals surface area (Å²) in [6, 6.07) is 7.09. The van der Waals surface area contributed by atoms with Gasteiger partial charge in [0, 0.05) is 17.2 Å². The Morgan fingerprint density at radius 2 is 1.76 bits per heavy atom. The lowest BCUT2D eigenvalue weighted by molar-refractivity contribution is -0.155. The third kappa shape index (κ3) is 3.10. The lowest BCUT2D eigenvalue weighted by Gasteiger charge is -2.47. The van der Waals surface area contributed by atoms with E-state index in [1.165, 1.54) is 4.41 Å². The molecule has 3 atom stereocenters. The second-order valence-corrected chi connectivity index (χ2v) is 9.85. The van der Waals surface area contributed by atoms with Gasteiger partial charge in [-0.2, -0.15) is 17.9 Å². The summed E-state index contributed by atoms with van der Waals surface area (Å²) < 4.78 is 27.4. The van der Waals surface area contributed by atoms with E-state index in [0.717, 1.165) is 11.3 Å². The Morgan fingerprint density at radius 1 is 1.14 bits per heavy atom. The van der Waals surface area contributed by atoms with Crippen LogP contribution in [-0.2, 0) is 14.8 Å². The van der Waals surface area contributed by atoms with E-state index in [1.54, 1.807) is 18.2 Å². The monoisotopic (exact) mass is 417 g/mol. The number of hydrogen-bond acceptors (Lipinski definition) is 4. The maximum Gasteiger partial charge on any atom is 0.279 e. The largest absolute Gasteiger partial charge is 0.312 e. The van der Waals surface area contributed by atoms with Crippen molar-refractivity contribution < 1.29 is 13.2 Å². The predicted octanol–water partition coefficient (Wildman–Crippen LogP) is 3.85. The maximum absolute atomic E-state index is 13.1. The Kier molecular flexibility index (Phi) is 5.64. The molecule has 1 aromatic carbocycles. The number of carbonyl (C=O) groups is 1. The topological polar surface area (TPSA) is 70.0 Å². The summed E-state index contributed by atoms with van der Waals surface area (Å²) in [5.41, 5.74) is 3.20. The molecule has 3 heterocycles. The van der Waals surface area contributed by atoms with Crippen LogP contribution in [-0.4, -0.2) is 41.9 Å².